The van der Waals surface area contributed by atoms with Crippen molar-refractivity contribution >= 4 is 23.4 Å². The minimum absolute atomic E-state index is 0.276. The summed E-state index contributed by atoms with van der Waals surface area (Å²) in [6, 6.07) is 21.2. The standard InChI is InChI=1S/C28H25ClN4O4/c1-36-23-11-12-26(24(29)14-23)37-22-9-7-20(8-10-22)15-32-28(35)25(13-19-5-3-2-4-6-19)33-27(34)21-16-30-18-31-17-21/h2-12,14,16-18,25H,13,15H2,1H3,(H,32,35)(H,33,34). The Morgan fingerprint density at radius 1 is 0.919 bits per heavy atom. The van der Waals surface area contributed by atoms with Crippen LogP contribution in [0.4, 0.5) is 0 Å². The van der Waals surface area contributed by atoms with Crippen LogP contribution in [-0.2, 0) is 17.8 Å². The molecule has 0 aliphatic carbocycles. The predicted molar refractivity (Wildman–Crippen MR) is 140 cm³/mol. The summed E-state index contributed by atoms with van der Waals surface area (Å²) in [6.45, 7) is 0.276. The molecule has 2 N–H and O–H groups in total. The van der Waals surface area contributed by atoms with Crippen molar-refractivity contribution in [3.05, 3.63) is 113 Å². The van der Waals surface area contributed by atoms with Gasteiger partial charge in [0, 0.05) is 31.4 Å². The van der Waals surface area contributed by atoms with Crippen molar-refractivity contribution in [2.75, 3.05) is 7.11 Å². The molecular formula is C28H25ClN4O4. The van der Waals surface area contributed by atoms with Gasteiger partial charge >= 0.3 is 0 Å². The van der Waals surface area contributed by atoms with Gasteiger partial charge in [-0.15, -0.1) is 0 Å². The molecule has 1 unspecified atom stereocenters. The van der Waals surface area contributed by atoms with Gasteiger partial charge in [-0.1, -0.05) is 54.1 Å². The molecule has 4 aromatic rings. The molecule has 0 radical (unpaired) electrons. The van der Waals surface area contributed by atoms with E-state index in [2.05, 4.69) is 20.6 Å². The number of carbonyl (C=O) groups excluding carboxylic acids is 2. The van der Waals surface area contributed by atoms with Gasteiger partial charge in [-0.05, 0) is 35.4 Å². The Labute approximate surface area is 219 Å². The molecule has 188 valence electrons. The Bertz CT molecular complexity index is 1340. The van der Waals surface area contributed by atoms with Gasteiger partial charge in [0.05, 0.1) is 17.7 Å². The molecule has 1 heterocycles. The largest absolute Gasteiger partial charge is 0.497 e. The number of hydrogen-bond donors (Lipinski definition) is 2. The van der Waals surface area contributed by atoms with Gasteiger partial charge in [0.1, 0.15) is 29.6 Å². The first kappa shape index (κ1) is 25.7. The van der Waals surface area contributed by atoms with Crippen molar-refractivity contribution in [3.8, 4) is 17.2 Å². The van der Waals surface area contributed by atoms with Crippen LogP contribution in [0.1, 0.15) is 21.5 Å². The lowest BCUT2D eigenvalue weighted by Crippen LogP contribution is -2.47. The highest BCUT2D eigenvalue weighted by Gasteiger charge is 2.22. The van der Waals surface area contributed by atoms with Gasteiger partial charge in [-0.2, -0.15) is 0 Å². The summed E-state index contributed by atoms with van der Waals surface area (Å²) in [6.07, 6.45) is 4.49. The lowest BCUT2D eigenvalue weighted by Gasteiger charge is -2.19. The highest BCUT2D eigenvalue weighted by molar-refractivity contribution is 6.32. The average Bonchev–Trinajstić information content (AvgIpc) is 2.94. The van der Waals surface area contributed by atoms with Gasteiger partial charge in [-0.3, -0.25) is 9.59 Å². The smallest absolute Gasteiger partial charge is 0.255 e. The fourth-order valence-electron chi connectivity index (χ4n) is 3.52. The van der Waals surface area contributed by atoms with Crippen LogP contribution in [0.2, 0.25) is 5.02 Å². The first-order valence-corrected chi connectivity index (χ1v) is 11.9. The Morgan fingerprint density at radius 2 is 1.62 bits per heavy atom. The van der Waals surface area contributed by atoms with E-state index in [4.69, 9.17) is 21.1 Å². The second kappa shape index (κ2) is 12.5. The minimum Gasteiger partial charge on any atom is -0.497 e. The third-order valence-electron chi connectivity index (χ3n) is 5.48. The number of benzene rings is 3. The molecule has 1 atom stereocenters. The summed E-state index contributed by atoms with van der Waals surface area (Å²) in [5.74, 6) is 1.02. The molecule has 8 nitrogen and oxygen atoms in total. The van der Waals surface area contributed by atoms with Crippen LogP contribution in [0.3, 0.4) is 0 Å². The second-order valence-corrected chi connectivity index (χ2v) is 8.51. The van der Waals surface area contributed by atoms with Gasteiger partial charge in [0.25, 0.3) is 5.91 Å². The minimum atomic E-state index is -0.782. The van der Waals surface area contributed by atoms with Crippen molar-refractivity contribution in [3.63, 3.8) is 0 Å². The van der Waals surface area contributed by atoms with Crippen LogP contribution in [-0.4, -0.2) is 34.9 Å². The van der Waals surface area contributed by atoms with E-state index in [0.29, 0.717) is 28.7 Å². The van der Waals surface area contributed by atoms with Crippen LogP contribution in [0.5, 0.6) is 17.2 Å². The van der Waals surface area contributed by atoms with Crippen molar-refractivity contribution in [2.24, 2.45) is 0 Å². The third kappa shape index (κ3) is 7.28. The molecule has 9 heteroatoms. The van der Waals surface area contributed by atoms with Gasteiger partial charge in [0.15, 0.2) is 0 Å². The number of halogens is 1. The molecule has 3 aromatic carbocycles. The number of nitrogens with one attached hydrogen (secondary N) is 2. The Kier molecular flexibility index (Phi) is 8.67. The first-order chi connectivity index (χ1) is 18.0. The SMILES string of the molecule is COc1ccc(Oc2ccc(CNC(=O)C(Cc3ccccc3)NC(=O)c3cncnc3)cc2)c(Cl)c1. The Morgan fingerprint density at radius 3 is 2.30 bits per heavy atom. The average molecular weight is 517 g/mol. The van der Waals surface area contributed by atoms with Crippen molar-refractivity contribution in [1.29, 1.82) is 0 Å². The summed E-state index contributed by atoms with van der Waals surface area (Å²) >= 11 is 6.25. The molecule has 4 rings (SSSR count). The predicted octanol–water partition coefficient (Wildman–Crippen LogP) is 4.59. The van der Waals surface area contributed by atoms with E-state index in [-0.39, 0.29) is 18.0 Å². The zero-order chi connectivity index (χ0) is 26.0. The summed E-state index contributed by atoms with van der Waals surface area (Å²) in [4.78, 5) is 33.5. The molecule has 2 amide bonds. The van der Waals surface area contributed by atoms with Gasteiger partial charge in [-0.25, -0.2) is 9.97 Å². The molecule has 0 aliphatic heterocycles. The summed E-state index contributed by atoms with van der Waals surface area (Å²) in [5, 5.41) is 6.14. The zero-order valence-electron chi connectivity index (χ0n) is 20.1. The molecule has 0 saturated carbocycles. The normalized spacial score (nSPS) is 11.3. The molecule has 1 aromatic heterocycles. The summed E-state index contributed by atoms with van der Waals surface area (Å²) in [5.41, 5.74) is 2.06. The number of methoxy groups -OCH3 is 1. The number of amides is 2. The summed E-state index contributed by atoms with van der Waals surface area (Å²) in [7, 11) is 1.57. The fourth-order valence-corrected chi connectivity index (χ4v) is 3.73. The van der Waals surface area contributed by atoms with E-state index in [1.807, 2.05) is 42.5 Å². The quantitative estimate of drug-likeness (QED) is 0.319. The highest BCUT2D eigenvalue weighted by atomic mass is 35.5. The molecule has 0 spiro atoms. The van der Waals surface area contributed by atoms with E-state index >= 15 is 0 Å². The second-order valence-electron chi connectivity index (χ2n) is 8.10. The van der Waals surface area contributed by atoms with Crippen LogP contribution >= 0.6 is 11.6 Å². The van der Waals surface area contributed by atoms with E-state index in [0.717, 1.165) is 11.1 Å². The Hall–Kier alpha value is -4.43. The van der Waals surface area contributed by atoms with Gasteiger partial charge in [0.2, 0.25) is 5.91 Å². The number of hydrogen-bond acceptors (Lipinski definition) is 6. The van der Waals surface area contributed by atoms with Crippen molar-refractivity contribution < 1.29 is 19.1 Å². The van der Waals surface area contributed by atoms with E-state index in [9.17, 15) is 9.59 Å². The number of carbonyl (C=O) groups is 2. The van der Waals surface area contributed by atoms with Crippen molar-refractivity contribution in [1.82, 2.24) is 20.6 Å². The van der Waals surface area contributed by atoms with E-state index in [1.165, 1.54) is 18.7 Å². The zero-order valence-corrected chi connectivity index (χ0v) is 20.8. The molecule has 0 bridgehead atoms. The molecule has 0 aliphatic rings. The highest BCUT2D eigenvalue weighted by Crippen LogP contribution is 2.32. The van der Waals surface area contributed by atoms with Crippen LogP contribution in [0.25, 0.3) is 0 Å². The monoisotopic (exact) mass is 516 g/mol. The molecule has 0 fully saturated rings. The first-order valence-electron chi connectivity index (χ1n) is 11.5. The number of nitrogens with zero attached hydrogens (tertiary/aromatic N) is 2. The topological polar surface area (TPSA) is 102 Å². The van der Waals surface area contributed by atoms with Crippen LogP contribution in [0, 0.1) is 0 Å². The van der Waals surface area contributed by atoms with E-state index in [1.54, 1.807) is 37.4 Å². The molecule has 0 saturated heterocycles. The fraction of sp³-hybridized carbons (Fsp3) is 0.143. The lowest BCUT2D eigenvalue weighted by atomic mass is 10.0. The maximum absolute atomic E-state index is 13.1. The van der Waals surface area contributed by atoms with Crippen LogP contribution < -0.4 is 20.1 Å². The Balaban J connectivity index is 1.38. The maximum atomic E-state index is 13.1. The lowest BCUT2D eigenvalue weighted by molar-refractivity contribution is -0.123. The third-order valence-corrected chi connectivity index (χ3v) is 5.78. The van der Waals surface area contributed by atoms with Gasteiger partial charge < -0.3 is 20.1 Å². The number of ether oxygens (including phenoxy) is 2. The van der Waals surface area contributed by atoms with E-state index < -0.39 is 11.9 Å². The van der Waals surface area contributed by atoms with Crippen LogP contribution in [0.15, 0.2) is 91.5 Å². The number of aromatic nitrogens is 2. The molecular weight excluding hydrogens is 492 g/mol. The summed E-state index contributed by atoms with van der Waals surface area (Å²) < 4.78 is 11.0. The number of rotatable bonds is 10. The maximum Gasteiger partial charge on any atom is 0.255 e. The molecule has 37 heavy (non-hydrogen) atoms. The van der Waals surface area contributed by atoms with Crippen molar-refractivity contribution in [2.45, 2.75) is 19.0 Å².